The summed E-state index contributed by atoms with van der Waals surface area (Å²) in [5.74, 6) is 0.907. The Balaban J connectivity index is 1.51. The lowest BCUT2D eigenvalue weighted by molar-refractivity contribution is -0.120. The number of rotatable bonds is 3. The second-order valence-electron chi connectivity index (χ2n) is 11.6. The van der Waals surface area contributed by atoms with Gasteiger partial charge in [0.05, 0.1) is 5.56 Å². The van der Waals surface area contributed by atoms with E-state index in [0.717, 1.165) is 10.0 Å². The van der Waals surface area contributed by atoms with Crippen LogP contribution in [0.4, 0.5) is 0 Å². The number of hydrogen-bond acceptors (Lipinski definition) is 5. The van der Waals surface area contributed by atoms with Gasteiger partial charge in [0, 0.05) is 47.2 Å². The number of halogens is 1. The van der Waals surface area contributed by atoms with Crippen molar-refractivity contribution in [3.63, 3.8) is 0 Å². The molecule has 1 heterocycles. The van der Waals surface area contributed by atoms with Crippen molar-refractivity contribution < 1.29 is 23.9 Å². The van der Waals surface area contributed by atoms with Crippen LogP contribution in [-0.4, -0.2) is 17.5 Å². The van der Waals surface area contributed by atoms with E-state index in [0.29, 0.717) is 59.7 Å². The minimum Gasteiger partial charge on any atom is -0.465 e. The molecule has 6 heteroatoms. The molecule has 36 heavy (non-hydrogen) atoms. The Labute approximate surface area is 219 Å². The number of hydrogen-bond donors (Lipinski definition) is 0. The third kappa shape index (κ3) is 4.71. The van der Waals surface area contributed by atoms with Crippen LogP contribution in [0.15, 0.2) is 75.7 Å². The molecule has 5 rings (SSSR count). The van der Waals surface area contributed by atoms with Crippen molar-refractivity contribution in [2.24, 2.45) is 10.8 Å². The second-order valence-corrected chi connectivity index (χ2v) is 12.5. The van der Waals surface area contributed by atoms with Crippen molar-refractivity contribution >= 4 is 33.5 Å². The largest absolute Gasteiger partial charge is 0.465 e. The number of ketones is 2. The van der Waals surface area contributed by atoms with Crippen molar-refractivity contribution in [1.82, 2.24) is 0 Å². The van der Waals surface area contributed by atoms with E-state index >= 15 is 0 Å². The first-order valence-electron chi connectivity index (χ1n) is 12.2. The number of carbonyl (C=O) groups is 3. The second kappa shape index (κ2) is 8.84. The average Bonchev–Trinajstić information content (AvgIpc) is 2.76. The monoisotopic (exact) mass is 548 g/mol. The molecular formula is C30H29BrO5. The van der Waals surface area contributed by atoms with Gasteiger partial charge < -0.3 is 9.47 Å². The predicted octanol–water partition coefficient (Wildman–Crippen LogP) is 7.07. The van der Waals surface area contributed by atoms with Gasteiger partial charge in [-0.05, 0) is 46.7 Å². The van der Waals surface area contributed by atoms with Crippen molar-refractivity contribution in [2.45, 2.75) is 59.3 Å². The summed E-state index contributed by atoms with van der Waals surface area (Å²) >= 11 is 3.37. The molecule has 0 spiro atoms. The van der Waals surface area contributed by atoms with E-state index in [-0.39, 0.29) is 22.4 Å². The molecule has 2 aromatic carbocycles. The maximum absolute atomic E-state index is 13.4. The Morgan fingerprint density at radius 2 is 1.42 bits per heavy atom. The topological polar surface area (TPSA) is 69.7 Å². The van der Waals surface area contributed by atoms with Gasteiger partial charge >= 0.3 is 5.97 Å². The Kier molecular flexibility index (Phi) is 6.06. The van der Waals surface area contributed by atoms with E-state index in [1.54, 1.807) is 30.3 Å². The Hall–Kier alpha value is -2.99. The summed E-state index contributed by atoms with van der Waals surface area (Å²) in [6, 6.07) is 14.1. The first-order chi connectivity index (χ1) is 16.9. The summed E-state index contributed by atoms with van der Waals surface area (Å²) in [5, 5.41) is 0. The molecule has 0 N–H and O–H groups in total. The van der Waals surface area contributed by atoms with Crippen molar-refractivity contribution in [2.75, 3.05) is 0 Å². The van der Waals surface area contributed by atoms with Crippen molar-refractivity contribution in [3.8, 4) is 5.75 Å². The van der Waals surface area contributed by atoms with Crippen LogP contribution < -0.4 is 4.74 Å². The number of ether oxygens (including phenoxy) is 2. The van der Waals surface area contributed by atoms with Gasteiger partial charge in [-0.25, -0.2) is 4.79 Å². The van der Waals surface area contributed by atoms with Crippen molar-refractivity contribution in [1.29, 1.82) is 0 Å². The van der Waals surface area contributed by atoms with Gasteiger partial charge in [0.25, 0.3) is 0 Å². The maximum Gasteiger partial charge on any atom is 0.343 e. The summed E-state index contributed by atoms with van der Waals surface area (Å²) in [6.45, 7) is 8.28. The normalized spacial score (nSPS) is 21.0. The SMILES string of the molecule is CC1(C)CC(=O)C2=C(C1)OC1=C(C(=O)CC(C)(C)C1)C2c1ccc(OC(=O)c2cccc(Br)c2)cc1. The summed E-state index contributed by atoms with van der Waals surface area (Å²) in [6.07, 6.45) is 2.13. The van der Waals surface area contributed by atoms with Gasteiger partial charge in [0.2, 0.25) is 0 Å². The highest BCUT2D eigenvalue weighted by atomic mass is 79.9. The van der Waals surface area contributed by atoms with Crippen LogP contribution in [0.25, 0.3) is 0 Å². The number of Topliss-reactive ketones (excluding diaryl/α,β-unsaturated/α-hetero) is 2. The highest BCUT2D eigenvalue weighted by Crippen LogP contribution is 2.53. The highest BCUT2D eigenvalue weighted by Gasteiger charge is 2.47. The third-order valence-electron chi connectivity index (χ3n) is 7.07. The van der Waals surface area contributed by atoms with E-state index in [9.17, 15) is 14.4 Å². The standard InChI is InChI=1S/C30H29BrO5/c1-29(2)13-21(32)26-23(15-29)36-24-16-30(3,4)14-22(33)27(24)25(26)17-8-10-20(11-9-17)35-28(34)18-6-5-7-19(31)12-18/h5-12,25H,13-16H2,1-4H3. The predicted molar refractivity (Wildman–Crippen MR) is 139 cm³/mol. The third-order valence-corrected chi connectivity index (χ3v) is 7.56. The Morgan fingerprint density at radius 1 is 0.861 bits per heavy atom. The first kappa shape index (κ1) is 24.7. The summed E-state index contributed by atoms with van der Waals surface area (Å²) in [5.41, 5.74) is 2.06. The van der Waals surface area contributed by atoms with Gasteiger partial charge in [0.1, 0.15) is 17.3 Å². The molecule has 2 aromatic rings. The molecule has 0 fully saturated rings. The van der Waals surface area contributed by atoms with Crippen LogP contribution in [0, 0.1) is 10.8 Å². The lowest BCUT2D eigenvalue weighted by Gasteiger charge is -2.42. The van der Waals surface area contributed by atoms with Crippen molar-refractivity contribution in [3.05, 3.63) is 86.8 Å². The molecule has 0 amide bonds. The molecule has 0 aromatic heterocycles. The number of allylic oxidation sites excluding steroid dienone is 4. The Bertz CT molecular complexity index is 1290. The summed E-state index contributed by atoms with van der Waals surface area (Å²) < 4.78 is 12.7. The molecule has 0 saturated heterocycles. The van der Waals surface area contributed by atoms with Gasteiger partial charge in [-0.3, -0.25) is 9.59 Å². The zero-order chi connectivity index (χ0) is 25.8. The molecule has 3 aliphatic rings. The van der Waals surface area contributed by atoms with E-state index < -0.39 is 11.9 Å². The minimum atomic E-state index is -0.467. The molecule has 1 aliphatic heterocycles. The average molecular weight is 549 g/mol. The quantitative estimate of drug-likeness (QED) is 0.303. The lowest BCUT2D eigenvalue weighted by Crippen LogP contribution is -2.37. The van der Waals surface area contributed by atoms with Gasteiger partial charge in [-0.1, -0.05) is 61.8 Å². The van der Waals surface area contributed by atoms with Crippen LogP contribution in [0.5, 0.6) is 5.75 Å². The fourth-order valence-electron chi connectivity index (χ4n) is 5.52. The molecule has 0 radical (unpaired) electrons. The van der Waals surface area contributed by atoms with Gasteiger partial charge in [-0.15, -0.1) is 0 Å². The Morgan fingerprint density at radius 3 is 1.94 bits per heavy atom. The molecule has 186 valence electrons. The number of esters is 1. The number of benzene rings is 2. The zero-order valence-electron chi connectivity index (χ0n) is 20.9. The first-order valence-corrected chi connectivity index (χ1v) is 13.0. The van der Waals surface area contributed by atoms with Crippen LogP contribution in [-0.2, 0) is 14.3 Å². The molecule has 5 nitrogen and oxygen atoms in total. The smallest absolute Gasteiger partial charge is 0.343 e. The summed E-state index contributed by atoms with van der Waals surface area (Å²) in [7, 11) is 0. The maximum atomic E-state index is 13.4. The molecule has 2 aliphatic carbocycles. The highest BCUT2D eigenvalue weighted by molar-refractivity contribution is 9.10. The van der Waals surface area contributed by atoms with Gasteiger partial charge in [-0.2, -0.15) is 0 Å². The minimum absolute atomic E-state index is 0.0283. The molecular weight excluding hydrogens is 520 g/mol. The summed E-state index contributed by atoms with van der Waals surface area (Å²) in [4.78, 5) is 39.3. The number of carbonyl (C=O) groups excluding carboxylic acids is 3. The lowest BCUT2D eigenvalue weighted by atomic mass is 9.65. The molecule has 0 unspecified atom stereocenters. The fourth-order valence-corrected chi connectivity index (χ4v) is 5.92. The molecule has 0 saturated carbocycles. The fraction of sp³-hybridized carbons (Fsp3) is 0.367. The van der Waals surface area contributed by atoms with Crippen LogP contribution in [0.3, 0.4) is 0 Å². The van der Waals surface area contributed by atoms with Crippen LogP contribution in [0.2, 0.25) is 0 Å². The van der Waals surface area contributed by atoms with E-state index in [1.165, 1.54) is 0 Å². The van der Waals surface area contributed by atoms with E-state index in [2.05, 4.69) is 43.6 Å². The van der Waals surface area contributed by atoms with E-state index in [4.69, 9.17) is 9.47 Å². The van der Waals surface area contributed by atoms with Crippen LogP contribution in [0.1, 0.15) is 75.2 Å². The molecule has 0 atom stereocenters. The van der Waals surface area contributed by atoms with Crippen LogP contribution >= 0.6 is 15.9 Å². The molecule has 0 bridgehead atoms. The zero-order valence-corrected chi connectivity index (χ0v) is 22.5. The van der Waals surface area contributed by atoms with E-state index in [1.807, 2.05) is 18.2 Å². The van der Waals surface area contributed by atoms with Gasteiger partial charge in [0.15, 0.2) is 11.6 Å².